The second-order valence-corrected chi connectivity index (χ2v) is 6.73. The van der Waals surface area contributed by atoms with E-state index in [9.17, 15) is 9.59 Å². The Kier molecular flexibility index (Phi) is 7.70. The number of nitrogens with one attached hydrogen (secondary N) is 2. The zero-order valence-electron chi connectivity index (χ0n) is 14.9. The summed E-state index contributed by atoms with van der Waals surface area (Å²) >= 11 is 0. The Hall–Kier alpha value is -1.59. The Morgan fingerprint density at radius 3 is 2.67 bits per heavy atom. The van der Waals surface area contributed by atoms with Gasteiger partial charge in [-0.1, -0.05) is 13.8 Å². The molecule has 134 valence electrons. The van der Waals surface area contributed by atoms with Crippen LogP contribution in [0.2, 0.25) is 0 Å². The summed E-state index contributed by atoms with van der Waals surface area (Å²) in [6, 6.07) is 5.69. The molecule has 6 heteroatoms. The smallest absolute Gasteiger partial charge is 0.254 e. The number of carbonyl (C=O) groups excluding carboxylic acids is 2. The minimum absolute atomic E-state index is 0. The third-order valence-corrected chi connectivity index (χ3v) is 4.10. The number of hydrogen-bond acceptors (Lipinski definition) is 3. The molecule has 1 heterocycles. The van der Waals surface area contributed by atoms with Crippen molar-refractivity contribution in [2.45, 2.75) is 40.2 Å². The van der Waals surface area contributed by atoms with Crippen molar-refractivity contribution in [1.29, 1.82) is 0 Å². The Bertz CT molecular complexity index is 590. The molecule has 2 rings (SSSR count). The molecule has 1 fully saturated rings. The van der Waals surface area contributed by atoms with Gasteiger partial charge in [0.15, 0.2) is 0 Å². The Morgan fingerprint density at radius 2 is 2.08 bits per heavy atom. The molecule has 0 bridgehead atoms. The SMILES string of the molecule is Cc1cc(C(=O)N2CCNCC2C)ccc1NC(=O)CC(C)C.Cl. The lowest BCUT2D eigenvalue weighted by molar-refractivity contribution is -0.116. The highest BCUT2D eigenvalue weighted by Gasteiger charge is 2.24. The number of amides is 2. The van der Waals surface area contributed by atoms with Crippen molar-refractivity contribution < 1.29 is 9.59 Å². The zero-order chi connectivity index (χ0) is 17.0. The summed E-state index contributed by atoms with van der Waals surface area (Å²) in [5.74, 6) is 0.394. The molecule has 0 spiro atoms. The van der Waals surface area contributed by atoms with Gasteiger partial charge in [0.2, 0.25) is 5.91 Å². The number of benzene rings is 1. The van der Waals surface area contributed by atoms with Crippen LogP contribution in [0.1, 0.15) is 43.1 Å². The number of carbonyl (C=O) groups is 2. The van der Waals surface area contributed by atoms with Crippen LogP contribution in [-0.4, -0.2) is 42.4 Å². The molecule has 1 unspecified atom stereocenters. The van der Waals surface area contributed by atoms with Gasteiger partial charge >= 0.3 is 0 Å². The number of halogens is 1. The molecular formula is C18H28ClN3O2. The summed E-state index contributed by atoms with van der Waals surface area (Å²) in [6.45, 7) is 10.4. The van der Waals surface area contributed by atoms with Gasteiger partial charge in [0.1, 0.15) is 0 Å². The highest BCUT2D eigenvalue weighted by atomic mass is 35.5. The van der Waals surface area contributed by atoms with E-state index in [-0.39, 0.29) is 30.3 Å². The molecule has 1 aromatic carbocycles. The number of hydrogen-bond donors (Lipinski definition) is 2. The van der Waals surface area contributed by atoms with Crippen LogP contribution in [-0.2, 0) is 4.79 Å². The first-order valence-corrected chi connectivity index (χ1v) is 8.30. The standard InChI is InChI=1S/C18H27N3O2.ClH/c1-12(2)9-17(22)20-16-6-5-15(10-13(16)3)18(23)21-8-7-19-11-14(21)4;/h5-6,10,12,14,19H,7-9,11H2,1-4H3,(H,20,22);1H. The maximum atomic E-state index is 12.7. The average Bonchev–Trinajstić information content (AvgIpc) is 2.48. The second-order valence-electron chi connectivity index (χ2n) is 6.73. The minimum Gasteiger partial charge on any atom is -0.333 e. The lowest BCUT2D eigenvalue weighted by atomic mass is 10.1. The van der Waals surface area contributed by atoms with Gasteiger partial charge in [0, 0.05) is 43.3 Å². The Labute approximate surface area is 150 Å². The molecule has 24 heavy (non-hydrogen) atoms. The van der Waals surface area contributed by atoms with Gasteiger partial charge in [-0.15, -0.1) is 12.4 Å². The number of aryl methyl sites for hydroxylation is 1. The van der Waals surface area contributed by atoms with Crippen molar-refractivity contribution in [3.8, 4) is 0 Å². The third-order valence-electron chi connectivity index (χ3n) is 4.10. The fourth-order valence-corrected chi connectivity index (χ4v) is 2.82. The van der Waals surface area contributed by atoms with Gasteiger partial charge in [0.25, 0.3) is 5.91 Å². The van der Waals surface area contributed by atoms with Crippen molar-refractivity contribution in [1.82, 2.24) is 10.2 Å². The molecule has 1 atom stereocenters. The van der Waals surface area contributed by atoms with E-state index in [1.165, 1.54) is 0 Å². The first-order valence-electron chi connectivity index (χ1n) is 8.30. The highest BCUT2D eigenvalue weighted by Crippen LogP contribution is 2.19. The average molecular weight is 354 g/mol. The molecule has 2 N–H and O–H groups in total. The van der Waals surface area contributed by atoms with Gasteiger partial charge in [-0.2, -0.15) is 0 Å². The highest BCUT2D eigenvalue weighted by molar-refractivity contribution is 5.96. The predicted octanol–water partition coefficient (Wildman–Crippen LogP) is 2.84. The molecule has 1 saturated heterocycles. The lowest BCUT2D eigenvalue weighted by Gasteiger charge is -2.34. The normalized spacial score (nSPS) is 17.4. The van der Waals surface area contributed by atoms with Crippen LogP contribution in [0, 0.1) is 12.8 Å². The number of rotatable bonds is 4. The second kappa shape index (κ2) is 9.04. The molecule has 0 aliphatic carbocycles. The van der Waals surface area contributed by atoms with E-state index in [1.54, 1.807) is 6.07 Å². The van der Waals surface area contributed by atoms with Crippen molar-refractivity contribution in [2.75, 3.05) is 25.0 Å². The first-order chi connectivity index (χ1) is 10.9. The Morgan fingerprint density at radius 1 is 1.38 bits per heavy atom. The summed E-state index contributed by atoms with van der Waals surface area (Å²) in [5.41, 5.74) is 2.37. The molecular weight excluding hydrogens is 326 g/mol. The van der Waals surface area contributed by atoms with Gasteiger partial charge in [0.05, 0.1) is 0 Å². The van der Waals surface area contributed by atoms with Gasteiger partial charge in [-0.25, -0.2) is 0 Å². The topological polar surface area (TPSA) is 61.4 Å². The summed E-state index contributed by atoms with van der Waals surface area (Å²) < 4.78 is 0. The summed E-state index contributed by atoms with van der Waals surface area (Å²) in [4.78, 5) is 26.4. The maximum Gasteiger partial charge on any atom is 0.254 e. The van der Waals surface area contributed by atoms with Crippen LogP contribution >= 0.6 is 12.4 Å². The van der Waals surface area contributed by atoms with E-state index in [1.807, 2.05) is 37.8 Å². The van der Waals surface area contributed by atoms with Crippen molar-refractivity contribution in [3.63, 3.8) is 0 Å². The van der Waals surface area contributed by atoms with Crippen LogP contribution in [0.25, 0.3) is 0 Å². The van der Waals surface area contributed by atoms with Gasteiger partial charge < -0.3 is 15.5 Å². The minimum atomic E-state index is 0. The molecule has 1 aliphatic rings. The summed E-state index contributed by atoms with van der Waals surface area (Å²) in [6.07, 6.45) is 0.498. The monoisotopic (exact) mass is 353 g/mol. The molecule has 0 saturated carbocycles. The van der Waals surface area contributed by atoms with Crippen LogP contribution in [0.15, 0.2) is 18.2 Å². The largest absolute Gasteiger partial charge is 0.333 e. The van der Waals surface area contributed by atoms with E-state index in [2.05, 4.69) is 17.6 Å². The van der Waals surface area contributed by atoms with E-state index in [0.29, 0.717) is 17.9 Å². The van der Waals surface area contributed by atoms with Crippen LogP contribution in [0.4, 0.5) is 5.69 Å². The van der Waals surface area contributed by atoms with E-state index in [4.69, 9.17) is 0 Å². The maximum absolute atomic E-state index is 12.7. The quantitative estimate of drug-likeness (QED) is 0.875. The lowest BCUT2D eigenvalue weighted by Crippen LogP contribution is -2.52. The van der Waals surface area contributed by atoms with Gasteiger partial charge in [-0.3, -0.25) is 9.59 Å². The van der Waals surface area contributed by atoms with Crippen LogP contribution in [0.5, 0.6) is 0 Å². The number of nitrogens with zero attached hydrogens (tertiary/aromatic N) is 1. The predicted molar refractivity (Wildman–Crippen MR) is 99.9 cm³/mol. The number of piperazine rings is 1. The molecule has 0 radical (unpaired) electrons. The van der Waals surface area contributed by atoms with Crippen LogP contribution in [0.3, 0.4) is 0 Å². The fourth-order valence-electron chi connectivity index (χ4n) is 2.82. The van der Waals surface area contributed by atoms with Gasteiger partial charge in [-0.05, 0) is 43.5 Å². The summed E-state index contributed by atoms with van der Waals surface area (Å²) in [5, 5.41) is 6.21. The first kappa shape index (κ1) is 20.5. The van der Waals surface area contributed by atoms with Crippen LogP contribution < -0.4 is 10.6 Å². The molecule has 2 amide bonds. The molecule has 1 aliphatic heterocycles. The molecule has 5 nitrogen and oxygen atoms in total. The van der Waals surface area contributed by atoms with E-state index < -0.39 is 0 Å². The van der Waals surface area contributed by atoms with Crippen molar-refractivity contribution in [3.05, 3.63) is 29.3 Å². The molecule has 1 aromatic rings. The van der Waals surface area contributed by atoms with Crippen molar-refractivity contribution >= 4 is 29.9 Å². The fraction of sp³-hybridized carbons (Fsp3) is 0.556. The number of anilines is 1. The zero-order valence-corrected chi connectivity index (χ0v) is 15.7. The molecule has 0 aromatic heterocycles. The van der Waals surface area contributed by atoms with E-state index in [0.717, 1.165) is 30.9 Å². The van der Waals surface area contributed by atoms with Crippen molar-refractivity contribution in [2.24, 2.45) is 5.92 Å². The third kappa shape index (κ3) is 5.21. The Balaban J connectivity index is 0.00000288. The van der Waals surface area contributed by atoms with E-state index >= 15 is 0 Å². The summed E-state index contributed by atoms with van der Waals surface area (Å²) in [7, 11) is 0.